The second-order valence-electron chi connectivity index (χ2n) is 3.98. The summed E-state index contributed by atoms with van der Waals surface area (Å²) in [5.74, 6) is -0.952. The molecule has 0 unspecified atom stereocenters. The number of hydrogen-bond acceptors (Lipinski definition) is 4. The van der Waals surface area contributed by atoms with Gasteiger partial charge < -0.3 is 15.2 Å². The molecule has 0 aromatic carbocycles. The first-order valence-corrected chi connectivity index (χ1v) is 4.32. The zero-order valence-electron chi connectivity index (χ0n) is 8.96. The van der Waals surface area contributed by atoms with Crippen LogP contribution in [0.3, 0.4) is 0 Å². The Balaban J connectivity index is 4.34. The lowest BCUT2D eigenvalue weighted by Crippen LogP contribution is -2.48. The van der Waals surface area contributed by atoms with Gasteiger partial charge in [0.25, 0.3) is 0 Å². The molecule has 1 atom stereocenters. The maximum Gasteiger partial charge on any atom is 0.330 e. The number of aliphatic hydroxyl groups excluding tert-OH is 1. The first kappa shape index (κ1) is 12.9. The fourth-order valence-electron chi connectivity index (χ4n) is 0.696. The molecule has 1 amide bonds. The van der Waals surface area contributed by atoms with Crippen molar-refractivity contribution in [2.45, 2.75) is 26.8 Å². The van der Waals surface area contributed by atoms with Crippen LogP contribution in [0.4, 0.5) is 0 Å². The van der Waals surface area contributed by atoms with Gasteiger partial charge in [0.2, 0.25) is 5.91 Å². The summed E-state index contributed by atoms with van der Waals surface area (Å²) in [4.78, 5) is 22.4. The van der Waals surface area contributed by atoms with Gasteiger partial charge in [0.1, 0.15) is 0 Å². The molecule has 0 fully saturated rings. The number of rotatable bonds is 3. The molecule has 2 N–H and O–H groups in total. The van der Waals surface area contributed by atoms with Crippen molar-refractivity contribution in [3.63, 3.8) is 0 Å². The lowest BCUT2D eigenvalue weighted by Gasteiger charge is -2.21. The van der Waals surface area contributed by atoms with E-state index in [4.69, 9.17) is 5.11 Å². The van der Waals surface area contributed by atoms with E-state index in [1.165, 1.54) is 7.11 Å². The Morgan fingerprint density at radius 2 is 1.93 bits per heavy atom. The molecular formula is C9H17NO4. The summed E-state index contributed by atoms with van der Waals surface area (Å²) in [5.41, 5.74) is -0.596. The van der Waals surface area contributed by atoms with E-state index < -0.39 is 24.0 Å². The van der Waals surface area contributed by atoms with Crippen molar-refractivity contribution >= 4 is 11.9 Å². The minimum Gasteiger partial charge on any atom is -0.467 e. The number of nitrogens with one attached hydrogen (secondary N) is 1. The van der Waals surface area contributed by atoms with Gasteiger partial charge in [0.05, 0.1) is 13.7 Å². The van der Waals surface area contributed by atoms with Crippen LogP contribution in [0.2, 0.25) is 0 Å². The van der Waals surface area contributed by atoms with Gasteiger partial charge >= 0.3 is 5.97 Å². The van der Waals surface area contributed by atoms with Gasteiger partial charge in [-0.05, 0) is 0 Å². The van der Waals surface area contributed by atoms with Gasteiger partial charge in [-0.2, -0.15) is 0 Å². The summed E-state index contributed by atoms with van der Waals surface area (Å²) in [5, 5.41) is 11.2. The maximum atomic E-state index is 11.4. The Morgan fingerprint density at radius 3 is 2.21 bits per heavy atom. The molecule has 0 aliphatic rings. The minimum atomic E-state index is -0.980. The van der Waals surface area contributed by atoms with Crippen LogP contribution in [0, 0.1) is 5.41 Å². The van der Waals surface area contributed by atoms with Crippen LogP contribution in [0.5, 0.6) is 0 Å². The Bertz CT molecular complexity index is 219. The summed E-state index contributed by atoms with van der Waals surface area (Å²) >= 11 is 0. The number of aliphatic hydroxyl groups is 1. The van der Waals surface area contributed by atoms with Crippen LogP contribution in [-0.4, -0.2) is 36.7 Å². The number of ether oxygens (including phenoxy) is 1. The van der Waals surface area contributed by atoms with Crippen molar-refractivity contribution < 1.29 is 19.4 Å². The lowest BCUT2D eigenvalue weighted by atomic mass is 9.95. The van der Waals surface area contributed by atoms with E-state index >= 15 is 0 Å². The van der Waals surface area contributed by atoms with Gasteiger partial charge in [-0.1, -0.05) is 20.8 Å². The number of methoxy groups -OCH3 is 1. The number of hydrogen-bond donors (Lipinski definition) is 2. The SMILES string of the molecule is COC(=O)[C@@H](CO)NC(=O)C(C)(C)C. The van der Waals surface area contributed by atoms with Crippen molar-refractivity contribution in [3.05, 3.63) is 0 Å². The van der Waals surface area contributed by atoms with E-state index in [0.29, 0.717) is 0 Å². The highest BCUT2D eigenvalue weighted by molar-refractivity contribution is 5.87. The predicted molar refractivity (Wildman–Crippen MR) is 50.5 cm³/mol. The van der Waals surface area contributed by atoms with Gasteiger partial charge in [0, 0.05) is 5.41 Å². The van der Waals surface area contributed by atoms with Gasteiger partial charge in [-0.15, -0.1) is 0 Å². The Hall–Kier alpha value is -1.10. The van der Waals surface area contributed by atoms with E-state index in [2.05, 4.69) is 10.1 Å². The highest BCUT2D eigenvalue weighted by Crippen LogP contribution is 2.12. The summed E-state index contributed by atoms with van der Waals surface area (Å²) in [6, 6.07) is -0.980. The lowest BCUT2D eigenvalue weighted by molar-refractivity contribution is -0.147. The standard InChI is InChI=1S/C9H17NO4/c1-9(2,3)8(13)10-6(5-11)7(12)14-4/h6,11H,5H2,1-4H3,(H,10,13)/t6-/m1/s1. The predicted octanol–water partition coefficient (Wildman–Crippen LogP) is -0.317. The Labute approximate surface area is 83.4 Å². The maximum absolute atomic E-state index is 11.4. The molecule has 0 heterocycles. The second kappa shape index (κ2) is 4.95. The van der Waals surface area contributed by atoms with E-state index in [1.54, 1.807) is 20.8 Å². The van der Waals surface area contributed by atoms with Crippen molar-refractivity contribution in [1.29, 1.82) is 0 Å². The van der Waals surface area contributed by atoms with Gasteiger partial charge in [-0.25, -0.2) is 4.79 Å². The quantitative estimate of drug-likeness (QED) is 0.616. The molecule has 0 spiro atoms. The molecule has 0 rings (SSSR count). The molecule has 0 saturated carbocycles. The number of carbonyl (C=O) groups is 2. The molecule has 0 aromatic rings. The Kier molecular flexibility index (Phi) is 4.56. The van der Waals surface area contributed by atoms with E-state index in [1.807, 2.05) is 0 Å². The monoisotopic (exact) mass is 203 g/mol. The summed E-state index contributed by atoms with van der Waals surface area (Å²) in [7, 11) is 1.20. The zero-order chi connectivity index (χ0) is 11.4. The van der Waals surface area contributed by atoms with Gasteiger partial charge in [0.15, 0.2) is 6.04 Å². The molecule has 14 heavy (non-hydrogen) atoms. The molecule has 0 saturated heterocycles. The topological polar surface area (TPSA) is 75.6 Å². The fraction of sp³-hybridized carbons (Fsp3) is 0.778. The van der Waals surface area contributed by atoms with Crippen LogP contribution in [0.15, 0.2) is 0 Å². The molecule has 0 aliphatic carbocycles. The molecule has 0 aromatic heterocycles. The number of carbonyl (C=O) groups excluding carboxylic acids is 2. The molecule has 0 bridgehead atoms. The smallest absolute Gasteiger partial charge is 0.330 e. The highest BCUT2D eigenvalue weighted by Gasteiger charge is 2.27. The van der Waals surface area contributed by atoms with Crippen LogP contribution in [0.1, 0.15) is 20.8 Å². The number of esters is 1. The molecule has 5 heteroatoms. The third-order valence-corrected chi connectivity index (χ3v) is 1.65. The molecule has 82 valence electrons. The largest absolute Gasteiger partial charge is 0.467 e. The molecule has 0 radical (unpaired) electrons. The first-order valence-electron chi connectivity index (χ1n) is 4.32. The molecule has 5 nitrogen and oxygen atoms in total. The second-order valence-corrected chi connectivity index (χ2v) is 3.98. The van der Waals surface area contributed by atoms with Crippen LogP contribution >= 0.6 is 0 Å². The van der Waals surface area contributed by atoms with Crippen molar-refractivity contribution in [2.75, 3.05) is 13.7 Å². The van der Waals surface area contributed by atoms with Crippen LogP contribution in [-0.2, 0) is 14.3 Å². The van der Waals surface area contributed by atoms with Crippen LogP contribution < -0.4 is 5.32 Å². The Morgan fingerprint density at radius 1 is 1.43 bits per heavy atom. The normalized spacial score (nSPS) is 13.2. The summed E-state index contributed by atoms with van der Waals surface area (Å²) in [6.45, 7) is 4.69. The van der Waals surface area contributed by atoms with Crippen molar-refractivity contribution in [1.82, 2.24) is 5.32 Å². The fourth-order valence-corrected chi connectivity index (χ4v) is 0.696. The van der Waals surface area contributed by atoms with Crippen molar-refractivity contribution in [2.24, 2.45) is 5.41 Å². The third kappa shape index (κ3) is 3.74. The van der Waals surface area contributed by atoms with E-state index in [-0.39, 0.29) is 5.91 Å². The average molecular weight is 203 g/mol. The summed E-state index contributed by atoms with van der Waals surface area (Å²) in [6.07, 6.45) is 0. The summed E-state index contributed by atoms with van der Waals surface area (Å²) < 4.78 is 4.40. The number of amides is 1. The third-order valence-electron chi connectivity index (χ3n) is 1.65. The van der Waals surface area contributed by atoms with E-state index in [0.717, 1.165) is 0 Å². The first-order chi connectivity index (χ1) is 6.32. The zero-order valence-corrected chi connectivity index (χ0v) is 8.96. The van der Waals surface area contributed by atoms with Gasteiger partial charge in [-0.3, -0.25) is 4.79 Å². The van der Waals surface area contributed by atoms with E-state index in [9.17, 15) is 9.59 Å². The van der Waals surface area contributed by atoms with Crippen LogP contribution in [0.25, 0.3) is 0 Å². The molecular weight excluding hydrogens is 186 g/mol. The minimum absolute atomic E-state index is 0.304. The highest BCUT2D eigenvalue weighted by atomic mass is 16.5. The molecule has 0 aliphatic heterocycles. The average Bonchev–Trinajstić information content (AvgIpc) is 2.10. The van der Waals surface area contributed by atoms with Crippen molar-refractivity contribution in [3.8, 4) is 0 Å².